The molecule has 2 N–H and O–H groups in total. The first-order valence-electron chi connectivity index (χ1n) is 5.90. The van der Waals surface area contributed by atoms with Crippen molar-refractivity contribution >= 4 is 0 Å². The van der Waals surface area contributed by atoms with E-state index >= 15 is 0 Å². The van der Waals surface area contributed by atoms with Gasteiger partial charge in [-0.2, -0.15) is 0 Å². The second kappa shape index (κ2) is 5.13. The molecule has 1 aliphatic carbocycles. The van der Waals surface area contributed by atoms with Crippen LogP contribution in [-0.4, -0.2) is 23.4 Å². The summed E-state index contributed by atoms with van der Waals surface area (Å²) in [5.41, 5.74) is 2.79. The third-order valence-corrected chi connectivity index (χ3v) is 4.18. The highest BCUT2D eigenvalue weighted by Crippen LogP contribution is 2.42. The highest BCUT2D eigenvalue weighted by Gasteiger charge is 2.36. The molecule has 1 fully saturated rings. The Labute approximate surface area is 93.0 Å². The van der Waals surface area contributed by atoms with Gasteiger partial charge < -0.3 is 10.2 Å². The monoisotopic (exact) mass is 212 g/mol. The zero-order chi connectivity index (χ0) is 11.6. The van der Waals surface area contributed by atoms with Crippen molar-refractivity contribution in [1.82, 2.24) is 0 Å². The fourth-order valence-electron chi connectivity index (χ4n) is 2.93. The second-order valence-corrected chi connectivity index (χ2v) is 5.17. The molecule has 0 amide bonds. The van der Waals surface area contributed by atoms with E-state index in [1.807, 2.05) is 0 Å². The molecule has 0 aromatic heterocycles. The summed E-state index contributed by atoms with van der Waals surface area (Å²) in [5.74, 6) is 1.50. The third kappa shape index (κ3) is 2.43. The molecule has 2 nitrogen and oxygen atoms in total. The van der Waals surface area contributed by atoms with Crippen molar-refractivity contribution in [1.29, 1.82) is 0 Å². The van der Waals surface area contributed by atoms with E-state index in [2.05, 4.69) is 27.7 Å². The van der Waals surface area contributed by atoms with Crippen molar-refractivity contribution in [3.63, 3.8) is 0 Å². The fraction of sp³-hybridized carbons (Fsp3) is 0.846. The second-order valence-electron chi connectivity index (χ2n) is 5.17. The van der Waals surface area contributed by atoms with Gasteiger partial charge in [-0.1, -0.05) is 25.0 Å². The third-order valence-electron chi connectivity index (χ3n) is 4.18. The van der Waals surface area contributed by atoms with Crippen LogP contribution in [0.1, 0.15) is 34.1 Å². The van der Waals surface area contributed by atoms with Crippen LogP contribution in [0.15, 0.2) is 11.1 Å². The van der Waals surface area contributed by atoms with E-state index < -0.39 is 0 Å². The Kier molecular flexibility index (Phi) is 4.35. The molecule has 1 aliphatic rings. The van der Waals surface area contributed by atoms with Gasteiger partial charge in [0.15, 0.2) is 0 Å². The summed E-state index contributed by atoms with van der Waals surface area (Å²) in [5, 5.41) is 18.8. The standard InChI is InChI=1S/C13H24O2/c1-8(2)12-5-11(6-14)9(3)13(7-15)10(12)4/h9-11,13-15H,5-7H2,1-4H3. The molecule has 1 saturated carbocycles. The van der Waals surface area contributed by atoms with Crippen LogP contribution in [0.25, 0.3) is 0 Å². The van der Waals surface area contributed by atoms with Gasteiger partial charge in [0.2, 0.25) is 0 Å². The summed E-state index contributed by atoms with van der Waals surface area (Å²) in [6, 6.07) is 0. The molecule has 0 aliphatic heterocycles. The normalized spacial score (nSPS) is 36.8. The Morgan fingerprint density at radius 3 is 2.20 bits per heavy atom. The molecule has 0 saturated heterocycles. The summed E-state index contributed by atoms with van der Waals surface area (Å²) in [6.45, 7) is 9.08. The van der Waals surface area contributed by atoms with Crippen molar-refractivity contribution in [2.45, 2.75) is 34.1 Å². The Bertz CT molecular complexity index is 241. The molecule has 0 spiro atoms. The van der Waals surface area contributed by atoms with Crippen molar-refractivity contribution in [3.8, 4) is 0 Å². The first kappa shape index (κ1) is 12.7. The van der Waals surface area contributed by atoms with Gasteiger partial charge in [0.05, 0.1) is 0 Å². The van der Waals surface area contributed by atoms with E-state index in [9.17, 15) is 10.2 Å². The van der Waals surface area contributed by atoms with Crippen LogP contribution in [0.3, 0.4) is 0 Å². The maximum atomic E-state index is 9.44. The first-order valence-corrected chi connectivity index (χ1v) is 5.90. The zero-order valence-electron chi connectivity index (χ0n) is 10.3. The average molecular weight is 212 g/mol. The lowest BCUT2D eigenvalue weighted by atomic mass is 9.65. The lowest BCUT2D eigenvalue weighted by molar-refractivity contribution is 0.0581. The summed E-state index contributed by atoms with van der Waals surface area (Å²) in [6.07, 6.45) is 0.998. The lowest BCUT2D eigenvalue weighted by Crippen LogP contribution is -2.37. The number of rotatable bonds is 2. The molecule has 0 aromatic rings. The van der Waals surface area contributed by atoms with Gasteiger partial charge in [0, 0.05) is 13.2 Å². The highest BCUT2D eigenvalue weighted by atomic mass is 16.3. The van der Waals surface area contributed by atoms with Crippen LogP contribution in [-0.2, 0) is 0 Å². The van der Waals surface area contributed by atoms with Gasteiger partial charge in [-0.05, 0) is 43.9 Å². The molecule has 0 radical (unpaired) electrons. The molecule has 0 heterocycles. The molecule has 2 heteroatoms. The fourth-order valence-corrected chi connectivity index (χ4v) is 2.93. The lowest BCUT2D eigenvalue weighted by Gasteiger charge is -2.41. The predicted molar refractivity (Wildman–Crippen MR) is 62.5 cm³/mol. The Morgan fingerprint density at radius 1 is 1.20 bits per heavy atom. The largest absolute Gasteiger partial charge is 0.396 e. The van der Waals surface area contributed by atoms with Crippen LogP contribution in [0.4, 0.5) is 0 Å². The van der Waals surface area contributed by atoms with Crippen molar-refractivity contribution in [2.24, 2.45) is 23.7 Å². The average Bonchev–Trinajstić information content (AvgIpc) is 2.18. The molecular weight excluding hydrogens is 188 g/mol. The number of allylic oxidation sites excluding steroid dienone is 2. The minimum atomic E-state index is 0.232. The molecule has 4 unspecified atom stereocenters. The first-order chi connectivity index (χ1) is 7.02. The van der Waals surface area contributed by atoms with Crippen molar-refractivity contribution in [2.75, 3.05) is 13.2 Å². The Hall–Kier alpha value is -0.340. The quantitative estimate of drug-likeness (QED) is 0.689. The van der Waals surface area contributed by atoms with E-state index in [-0.39, 0.29) is 13.2 Å². The maximum absolute atomic E-state index is 9.44. The summed E-state index contributed by atoms with van der Waals surface area (Å²) in [4.78, 5) is 0. The van der Waals surface area contributed by atoms with E-state index in [0.717, 1.165) is 6.42 Å². The highest BCUT2D eigenvalue weighted by molar-refractivity contribution is 5.18. The Morgan fingerprint density at radius 2 is 1.80 bits per heavy atom. The smallest absolute Gasteiger partial charge is 0.0467 e. The zero-order valence-corrected chi connectivity index (χ0v) is 10.3. The SMILES string of the molecule is CC(C)=C1CC(CO)C(C)C(CO)C1C. The molecule has 88 valence electrons. The summed E-state index contributed by atoms with van der Waals surface area (Å²) < 4.78 is 0. The number of aliphatic hydroxyl groups excluding tert-OH is 2. The van der Waals surface area contributed by atoms with Crippen LogP contribution in [0, 0.1) is 23.7 Å². The molecule has 15 heavy (non-hydrogen) atoms. The van der Waals surface area contributed by atoms with Crippen LogP contribution in [0.2, 0.25) is 0 Å². The van der Waals surface area contributed by atoms with Crippen LogP contribution < -0.4 is 0 Å². The minimum Gasteiger partial charge on any atom is -0.396 e. The van der Waals surface area contributed by atoms with E-state index in [1.165, 1.54) is 11.1 Å². The number of hydrogen-bond donors (Lipinski definition) is 2. The van der Waals surface area contributed by atoms with E-state index in [4.69, 9.17) is 0 Å². The predicted octanol–water partition coefficient (Wildman–Crippen LogP) is 2.22. The van der Waals surface area contributed by atoms with Gasteiger partial charge >= 0.3 is 0 Å². The molecule has 0 aromatic carbocycles. The number of hydrogen-bond acceptors (Lipinski definition) is 2. The summed E-state index contributed by atoms with van der Waals surface area (Å²) in [7, 11) is 0. The molecule has 0 bridgehead atoms. The van der Waals surface area contributed by atoms with E-state index in [0.29, 0.717) is 23.7 Å². The van der Waals surface area contributed by atoms with E-state index in [1.54, 1.807) is 0 Å². The van der Waals surface area contributed by atoms with Gasteiger partial charge in [-0.15, -0.1) is 0 Å². The molecular formula is C13H24O2. The van der Waals surface area contributed by atoms with Gasteiger partial charge in [0.1, 0.15) is 0 Å². The molecule has 4 atom stereocenters. The Balaban J connectivity index is 2.95. The molecule has 1 rings (SSSR count). The topological polar surface area (TPSA) is 40.5 Å². The summed E-state index contributed by atoms with van der Waals surface area (Å²) >= 11 is 0. The van der Waals surface area contributed by atoms with Crippen molar-refractivity contribution < 1.29 is 10.2 Å². The maximum Gasteiger partial charge on any atom is 0.0467 e. The number of aliphatic hydroxyl groups is 2. The minimum absolute atomic E-state index is 0.232. The van der Waals surface area contributed by atoms with Gasteiger partial charge in [0.25, 0.3) is 0 Å². The van der Waals surface area contributed by atoms with Crippen LogP contribution >= 0.6 is 0 Å². The van der Waals surface area contributed by atoms with Crippen LogP contribution in [0.5, 0.6) is 0 Å². The van der Waals surface area contributed by atoms with Gasteiger partial charge in [-0.25, -0.2) is 0 Å². The van der Waals surface area contributed by atoms with Gasteiger partial charge in [-0.3, -0.25) is 0 Å². The van der Waals surface area contributed by atoms with Crippen molar-refractivity contribution in [3.05, 3.63) is 11.1 Å².